The smallest absolute Gasteiger partial charge is 0.221 e. The predicted octanol–water partition coefficient (Wildman–Crippen LogP) is 2.32. The molecule has 0 saturated carbocycles. The second-order valence-corrected chi connectivity index (χ2v) is 7.18. The maximum atomic E-state index is 6.67. The minimum Gasteiger partial charge on any atom is -0.481 e. The fourth-order valence-electron chi connectivity index (χ4n) is 3.86. The summed E-state index contributed by atoms with van der Waals surface area (Å²) in [5, 5.41) is 0. The Labute approximate surface area is 175 Å². The number of nitrogen functional groups attached to an aromatic ring is 1. The Bertz CT molecular complexity index is 1040. The van der Waals surface area contributed by atoms with Gasteiger partial charge in [-0.05, 0) is 36.2 Å². The summed E-state index contributed by atoms with van der Waals surface area (Å²) in [6.07, 6.45) is 3.26. The number of methoxy groups -OCH3 is 1. The minimum absolute atomic E-state index is 0.490. The van der Waals surface area contributed by atoms with E-state index in [9.17, 15) is 0 Å². The molecule has 8 nitrogen and oxygen atoms in total. The molecule has 1 fully saturated rings. The molecule has 4 rings (SSSR count). The fourth-order valence-corrected chi connectivity index (χ4v) is 3.86. The van der Waals surface area contributed by atoms with Crippen molar-refractivity contribution in [3.05, 3.63) is 59.7 Å². The molecule has 1 aliphatic heterocycles. The van der Waals surface area contributed by atoms with E-state index in [1.54, 1.807) is 19.6 Å². The van der Waals surface area contributed by atoms with Gasteiger partial charge in [0.05, 0.1) is 32.1 Å². The number of aromatic nitrogens is 3. The average Bonchev–Trinajstić information content (AvgIpc) is 2.80. The zero-order chi connectivity index (χ0) is 21.1. The lowest BCUT2D eigenvalue weighted by Gasteiger charge is -2.28. The lowest BCUT2D eigenvalue weighted by Crippen LogP contribution is -2.37. The Morgan fingerprint density at radius 2 is 1.90 bits per heavy atom. The van der Waals surface area contributed by atoms with Gasteiger partial charge in [-0.25, -0.2) is 15.0 Å². The average molecular weight is 406 g/mol. The Balaban J connectivity index is 1.74. The van der Waals surface area contributed by atoms with E-state index in [2.05, 4.69) is 19.9 Å². The summed E-state index contributed by atoms with van der Waals surface area (Å²) in [7, 11) is 1.61. The summed E-state index contributed by atoms with van der Waals surface area (Å²) in [6, 6.07) is 9.14. The molecule has 1 atom stereocenters. The van der Waals surface area contributed by atoms with E-state index in [0.29, 0.717) is 24.8 Å². The van der Waals surface area contributed by atoms with Crippen LogP contribution in [0.3, 0.4) is 0 Å². The van der Waals surface area contributed by atoms with Crippen LogP contribution in [0.15, 0.2) is 42.9 Å². The van der Waals surface area contributed by atoms with Crippen LogP contribution >= 0.6 is 0 Å². The van der Waals surface area contributed by atoms with E-state index in [0.717, 1.165) is 46.9 Å². The number of rotatable bonds is 5. The highest BCUT2D eigenvalue weighted by Gasteiger charge is 2.22. The zero-order valence-electron chi connectivity index (χ0n) is 17.2. The maximum absolute atomic E-state index is 6.67. The van der Waals surface area contributed by atoms with Crippen LogP contribution in [0, 0.1) is 6.92 Å². The normalized spacial score (nSPS) is 15.1. The third-order valence-corrected chi connectivity index (χ3v) is 5.44. The number of anilines is 2. The molecule has 0 amide bonds. The number of nitrogens with two attached hydrogens (primary N) is 2. The van der Waals surface area contributed by atoms with E-state index in [1.165, 1.54) is 0 Å². The first-order valence-corrected chi connectivity index (χ1v) is 9.88. The van der Waals surface area contributed by atoms with Crippen molar-refractivity contribution in [3.63, 3.8) is 0 Å². The molecular formula is C22H26N6O2. The highest BCUT2D eigenvalue weighted by Crippen LogP contribution is 2.37. The largest absolute Gasteiger partial charge is 0.481 e. The summed E-state index contributed by atoms with van der Waals surface area (Å²) >= 11 is 0. The second kappa shape index (κ2) is 8.64. The third-order valence-electron chi connectivity index (χ3n) is 5.44. The lowest BCUT2D eigenvalue weighted by molar-refractivity contribution is 0.122. The van der Waals surface area contributed by atoms with Crippen LogP contribution in [-0.2, 0) is 4.74 Å². The summed E-state index contributed by atoms with van der Waals surface area (Å²) in [5.74, 6) is 1.40. The van der Waals surface area contributed by atoms with Crippen molar-refractivity contribution < 1.29 is 9.47 Å². The molecule has 0 bridgehead atoms. The summed E-state index contributed by atoms with van der Waals surface area (Å²) in [4.78, 5) is 15.3. The molecule has 1 unspecified atom stereocenters. The van der Waals surface area contributed by atoms with Crippen LogP contribution in [0.25, 0.3) is 11.1 Å². The van der Waals surface area contributed by atoms with Crippen molar-refractivity contribution in [2.75, 3.05) is 44.0 Å². The first-order chi connectivity index (χ1) is 14.6. The van der Waals surface area contributed by atoms with E-state index in [1.807, 2.05) is 37.3 Å². The number of hydrogen-bond donors (Lipinski definition) is 2. The van der Waals surface area contributed by atoms with E-state index in [-0.39, 0.29) is 0 Å². The molecule has 1 aliphatic rings. The molecule has 1 saturated heterocycles. The van der Waals surface area contributed by atoms with Crippen LogP contribution < -0.4 is 21.1 Å². The molecular weight excluding hydrogens is 380 g/mol. The molecule has 156 valence electrons. The van der Waals surface area contributed by atoms with Crippen molar-refractivity contribution in [1.29, 1.82) is 0 Å². The molecule has 3 aromatic rings. The predicted molar refractivity (Wildman–Crippen MR) is 116 cm³/mol. The monoisotopic (exact) mass is 406 g/mol. The zero-order valence-corrected chi connectivity index (χ0v) is 17.2. The molecule has 4 N–H and O–H groups in total. The van der Waals surface area contributed by atoms with Crippen LogP contribution in [0.5, 0.6) is 5.88 Å². The Morgan fingerprint density at radius 3 is 2.67 bits per heavy atom. The Hall–Kier alpha value is -3.23. The lowest BCUT2D eigenvalue weighted by atomic mass is 9.91. The summed E-state index contributed by atoms with van der Waals surface area (Å²) in [5.41, 5.74) is 18.1. The van der Waals surface area contributed by atoms with Crippen LogP contribution in [0.2, 0.25) is 0 Å². The van der Waals surface area contributed by atoms with Gasteiger partial charge in [0.25, 0.3) is 0 Å². The Kier molecular flexibility index (Phi) is 5.78. The van der Waals surface area contributed by atoms with Gasteiger partial charge in [0.15, 0.2) is 0 Å². The third kappa shape index (κ3) is 3.79. The molecule has 0 aliphatic carbocycles. The highest BCUT2D eigenvalue weighted by molar-refractivity contribution is 5.76. The van der Waals surface area contributed by atoms with Gasteiger partial charge in [0.2, 0.25) is 5.88 Å². The first kappa shape index (κ1) is 20.1. The van der Waals surface area contributed by atoms with Gasteiger partial charge < -0.3 is 25.8 Å². The van der Waals surface area contributed by atoms with Gasteiger partial charge in [0.1, 0.15) is 12.1 Å². The van der Waals surface area contributed by atoms with Gasteiger partial charge in [0, 0.05) is 42.2 Å². The highest BCUT2D eigenvalue weighted by atomic mass is 16.5. The standard InChI is InChI=1S/C22H26N6O2/c1-14-15(16-4-3-7-25-22(16)29-2)5-6-17(23)20(14)21(24)18-12-19(27-13-26-18)28-8-10-30-11-9-28/h3-7,12-13,21H,8-11,23-24H2,1-2H3. The molecule has 1 aromatic carbocycles. The number of ether oxygens (including phenoxy) is 2. The number of pyridine rings is 1. The van der Waals surface area contributed by atoms with Gasteiger partial charge in [-0.2, -0.15) is 0 Å². The van der Waals surface area contributed by atoms with Gasteiger partial charge in [-0.1, -0.05) is 6.07 Å². The van der Waals surface area contributed by atoms with Crippen LogP contribution in [0.4, 0.5) is 11.5 Å². The van der Waals surface area contributed by atoms with Crippen molar-refractivity contribution in [1.82, 2.24) is 15.0 Å². The topological polar surface area (TPSA) is 112 Å². The van der Waals surface area contributed by atoms with Crippen LogP contribution in [0.1, 0.15) is 22.9 Å². The maximum Gasteiger partial charge on any atom is 0.221 e. The molecule has 8 heteroatoms. The molecule has 2 aromatic heterocycles. The Morgan fingerprint density at radius 1 is 1.10 bits per heavy atom. The van der Waals surface area contributed by atoms with Crippen molar-refractivity contribution >= 4 is 11.5 Å². The molecule has 30 heavy (non-hydrogen) atoms. The number of nitrogens with zero attached hydrogens (tertiary/aromatic N) is 4. The molecule has 0 radical (unpaired) electrons. The first-order valence-electron chi connectivity index (χ1n) is 9.88. The quantitative estimate of drug-likeness (QED) is 0.621. The summed E-state index contributed by atoms with van der Waals surface area (Å²) < 4.78 is 10.9. The number of morpholine rings is 1. The second-order valence-electron chi connectivity index (χ2n) is 7.18. The van der Waals surface area contributed by atoms with E-state index in [4.69, 9.17) is 20.9 Å². The van der Waals surface area contributed by atoms with Gasteiger partial charge >= 0.3 is 0 Å². The van der Waals surface area contributed by atoms with Crippen molar-refractivity contribution in [3.8, 4) is 17.0 Å². The van der Waals surface area contributed by atoms with Gasteiger partial charge in [-0.3, -0.25) is 0 Å². The minimum atomic E-state index is -0.490. The van der Waals surface area contributed by atoms with Crippen LogP contribution in [-0.4, -0.2) is 48.4 Å². The SMILES string of the molecule is COc1ncccc1-c1ccc(N)c(C(N)c2cc(N3CCOCC3)ncn2)c1C. The number of hydrogen-bond acceptors (Lipinski definition) is 8. The van der Waals surface area contributed by atoms with E-state index >= 15 is 0 Å². The molecule has 3 heterocycles. The fraction of sp³-hybridized carbons (Fsp3) is 0.318. The van der Waals surface area contributed by atoms with Crippen molar-refractivity contribution in [2.24, 2.45) is 5.73 Å². The number of benzene rings is 1. The van der Waals surface area contributed by atoms with Crippen molar-refractivity contribution in [2.45, 2.75) is 13.0 Å². The van der Waals surface area contributed by atoms with Gasteiger partial charge in [-0.15, -0.1) is 0 Å². The molecule has 0 spiro atoms. The summed E-state index contributed by atoms with van der Waals surface area (Å²) in [6.45, 7) is 4.97. The van der Waals surface area contributed by atoms with E-state index < -0.39 is 6.04 Å².